The largest absolute Gasteiger partial charge is 0.382 e. The Balaban J connectivity index is 1.44. The first-order valence-corrected chi connectivity index (χ1v) is 8.26. The topological polar surface area (TPSA) is 91.8 Å². The van der Waals surface area contributed by atoms with Crippen LogP contribution in [0.25, 0.3) is 0 Å². The molecule has 1 aliphatic rings. The molecule has 9 heteroatoms. The van der Waals surface area contributed by atoms with Crippen LogP contribution in [0.5, 0.6) is 0 Å². The molecule has 3 amide bonds. The van der Waals surface area contributed by atoms with Gasteiger partial charge in [-0.05, 0) is 35.7 Å². The van der Waals surface area contributed by atoms with Gasteiger partial charge in [0.2, 0.25) is 6.10 Å². The fraction of sp³-hybridized carbons (Fsp3) is 0.133. The first-order valence-electron chi connectivity index (χ1n) is 7.01. The van der Waals surface area contributed by atoms with Crippen LogP contribution in [0.2, 0.25) is 5.02 Å². The Labute approximate surface area is 146 Å². The van der Waals surface area contributed by atoms with E-state index in [0.29, 0.717) is 17.1 Å². The minimum absolute atomic E-state index is 0.354. The van der Waals surface area contributed by atoms with Crippen molar-refractivity contribution in [2.75, 3.05) is 5.32 Å². The highest BCUT2D eigenvalue weighted by molar-refractivity contribution is 7.12. The number of oxime groups is 1. The van der Waals surface area contributed by atoms with E-state index in [4.69, 9.17) is 16.4 Å². The molecule has 3 N–H and O–H groups in total. The van der Waals surface area contributed by atoms with E-state index in [2.05, 4.69) is 21.3 Å². The van der Waals surface area contributed by atoms with Crippen LogP contribution in [0.3, 0.4) is 0 Å². The monoisotopic (exact) mass is 364 g/mol. The Morgan fingerprint density at radius 1 is 1.21 bits per heavy atom. The lowest BCUT2D eigenvalue weighted by atomic mass is 10.1. The summed E-state index contributed by atoms with van der Waals surface area (Å²) in [6, 6.07) is 9.80. The molecule has 1 atom stereocenters. The van der Waals surface area contributed by atoms with Gasteiger partial charge in [-0.3, -0.25) is 10.2 Å². The van der Waals surface area contributed by atoms with E-state index in [1.165, 1.54) is 11.3 Å². The van der Waals surface area contributed by atoms with Crippen molar-refractivity contribution < 1.29 is 14.4 Å². The Bertz CT molecular complexity index is 762. The Hall–Kier alpha value is -2.58. The summed E-state index contributed by atoms with van der Waals surface area (Å²) >= 11 is 7.29. The third-order valence-electron chi connectivity index (χ3n) is 3.17. The quantitative estimate of drug-likeness (QED) is 0.731. The second-order valence-corrected chi connectivity index (χ2v) is 6.27. The zero-order valence-corrected chi connectivity index (χ0v) is 13.9. The smallest absolute Gasteiger partial charge is 0.337 e. The molecule has 124 valence electrons. The molecular formula is C15H13ClN4O3S. The normalized spacial score (nSPS) is 16.0. The van der Waals surface area contributed by atoms with Crippen molar-refractivity contribution in [3.8, 4) is 0 Å². The number of rotatable bonds is 3. The fourth-order valence-corrected chi connectivity index (χ4v) is 2.84. The van der Waals surface area contributed by atoms with Gasteiger partial charge >= 0.3 is 6.03 Å². The molecule has 0 saturated heterocycles. The van der Waals surface area contributed by atoms with E-state index in [1.54, 1.807) is 24.3 Å². The number of hydrogen-bond donors (Lipinski definition) is 3. The molecule has 0 saturated carbocycles. The van der Waals surface area contributed by atoms with Crippen molar-refractivity contribution in [2.24, 2.45) is 5.16 Å². The number of nitrogens with zero attached hydrogens (tertiary/aromatic N) is 1. The molecular weight excluding hydrogens is 352 g/mol. The molecule has 0 fully saturated rings. The van der Waals surface area contributed by atoms with Crippen molar-refractivity contribution >= 4 is 46.3 Å². The average Bonchev–Trinajstić information content (AvgIpc) is 3.25. The van der Waals surface area contributed by atoms with Gasteiger partial charge in [-0.25, -0.2) is 10.2 Å². The lowest BCUT2D eigenvalue weighted by Crippen LogP contribution is -2.48. The van der Waals surface area contributed by atoms with E-state index in [0.717, 1.165) is 10.6 Å². The lowest BCUT2D eigenvalue weighted by Gasteiger charge is -2.11. The second-order valence-electron chi connectivity index (χ2n) is 4.89. The number of nitrogens with one attached hydrogen (secondary N) is 3. The van der Waals surface area contributed by atoms with Crippen molar-refractivity contribution in [3.05, 3.63) is 51.7 Å². The number of benzene rings is 1. The van der Waals surface area contributed by atoms with Gasteiger partial charge in [0.25, 0.3) is 5.91 Å². The summed E-state index contributed by atoms with van der Waals surface area (Å²) in [5, 5.41) is 8.95. The second kappa shape index (κ2) is 7.33. The number of anilines is 1. The van der Waals surface area contributed by atoms with Crippen LogP contribution in [-0.4, -0.2) is 23.8 Å². The SMILES string of the molecule is O=C(NNC(=O)[C@@H]1CC(c2cccs2)=NO1)Nc1ccc(Cl)cc1. The lowest BCUT2D eigenvalue weighted by molar-refractivity contribution is -0.131. The van der Waals surface area contributed by atoms with Gasteiger partial charge in [0.15, 0.2) is 0 Å². The van der Waals surface area contributed by atoms with Crippen LogP contribution in [0.15, 0.2) is 46.9 Å². The number of thiophene rings is 1. The minimum Gasteiger partial charge on any atom is -0.382 e. The average molecular weight is 365 g/mol. The predicted octanol–water partition coefficient (Wildman–Crippen LogP) is 2.75. The molecule has 7 nitrogen and oxygen atoms in total. The van der Waals surface area contributed by atoms with Crippen LogP contribution < -0.4 is 16.2 Å². The number of urea groups is 1. The van der Waals surface area contributed by atoms with Gasteiger partial charge in [-0.1, -0.05) is 22.8 Å². The molecule has 0 radical (unpaired) electrons. The first-order chi connectivity index (χ1) is 11.6. The summed E-state index contributed by atoms with van der Waals surface area (Å²) in [5.74, 6) is -0.475. The highest BCUT2D eigenvalue weighted by atomic mass is 35.5. The fourth-order valence-electron chi connectivity index (χ4n) is 2.00. The van der Waals surface area contributed by atoms with E-state index < -0.39 is 18.0 Å². The summed E-state index contributed by atoms with van der Waals surface area (Å²) in [6.45, 7) is 0. The van der Waals surface area contributed by atoms with Gasteiger partial charge in [0.05, 0.1) is 4.88 Å². The molecule has 0 aliphatic carbocycles. The highest BCUT2D eigenvalue weighted by Crippen LogP contribution is 2.20. The predicted molar refractivity (Wildman–Crippen MR) is 92.1 cm³/mol. The highest BCUT2D eigenvalue weighted by Gasteiger charge is 2.29. The van der Waals surface area contributed by atoms with E-state index in [1.807, 2.05) is 17.5 Å². The maximum Gasteiger partial charge on any atom is 0.337 e. The van der Waals surface area contributed by atoms with E-state index >= 15 is 0 Å². The van der Waals surface area contributed by atoms with Crippen molar-refractivity contribution in [3.63, 3.8) is 0 Å². The standard InChI is InChI=1S/C15H13ClN4O3S/c16-9-3-5-10(6-4-9)17-15(22)19-18-14(21)12-8-11(20-23-12)13-2-1-7-24-13/h1-7,12H,8H2,(H,18,21)(H2,17,19,22)/t12-/m0/s1. The number of halogens is 1. The first kappa shape index (κ1) is 16.3. The third-order valence-corrected chi connectivity index (χ3v) is 4.34. The van der Waals surface area contributed by atoms with Crippen molar-refractivity contribution in [1.82, 2.24) is 10.9 Å². The third kappa shape index (κ3) is 4.03. The summed E-state index contributed by atoms with van der Waals surface area (Å²) in [7, 11) is 0. The van der Waals surface area contributed by atoms with Crippen LogP contribution in [0, 0.1) is 0 Å². The van der Waals surface area contributed by atoms with Gasteiger partial charge in [-0.2, -0.15) is 0 Å². The van der Waals surface area contributed by atoms with Crippen LogP contribution >= 0.6 is 22.9 Å². The molecule has 1 aliphatic heterocycles. The summed E-state index contributed by atoms with van der Waals surface area (Å²) < 4.78 is 0. The molecule has 0 spiro atoms. The number of carbonyl (C=O) groups excluding carboxylic acids is 2. The molecule has 0 unspecified atom stereocenters. The van der Waals surface area contributed by atoms with Crippen molar-refractivity contribution in [2.45, 2.75) is 12.5 Å². The van der Waals surface area contributed by atoms with E-state index in [-0.39, 0.29) is 0 Å². The molecule has 24 heavy (non-hydrogen) atoms. The molecule has 2 heterocycles. The van der Waals surface area contributed by atoms with Crippen LogP contribution in [-0.2, 0) is 9.63 Å². The van der Waals surface area contributed by atoms with Gasteiger partial charge in [0.1, 0.15) is 5.71 Å². The zero-order chi connectivity index (χ0) is 16.9. The zero-order valence-electron chi connectivity index (χ0n) is 12.3. The molecule has 1 aromatic carbocycles. The van der Waals surface area contributed by atoms with E-state index in [9.17, 15) is 9.59 Å². The Morgan fingerprint density at radius 2 is 2.00 bits per heavy atom. The maximum atomic E-state index is 12.0. The maximum absolute atomic E-state index is 12.0. The summed E-state index contributed by atoms with van der Waals surface area (Å²) in [6.07, 6.45) is -0.412. The number of amides is 3. The molecule has 0 bridgehead atoms. The molecule has 3 rings (SSSR count). The number of hydrogen-bond acceptors (Lipinski definition) is 5. The van der Waals surface area contributed by atoms with Crippen molar-refractivity contribution in [1.29, 1.82) is 0 Å². The summed E-state index contributed by atoms with van der Waals surface area (Å²) in [5.41, 5.74) is 5.83. The minimum atomic E-state index is -0.766. The number of carbonyl (C=O) groups is 2. The molecule has 1 aromatic heterocycles. The van der Waals surface area contributed by atoms with Crippen LogP contribution in [0.4, 0.5) is 10.5 Å². The Kier molecular flexibility index (Phi) is 4.97. The Morgan fingerprint density at radius 3 is 2.71 bits per heavy atom. The number of hydrazine groups is 1. The molecule has 2 aromatic rings. The van der Waals surface area contributed by atoms with Crippen LogP contribution in [0.1, 0.15) is 11.3 Å². The summed E-state index contributed by atoms with van der Waals surface area (Å²) in [4.78, 5) is 29.8. The van der Waals surface area contributed by atoms with Gasteiger partial charge in [0, 0.05) is 17.1 Å². The van der Waals surface area contributed by atoms with Gasteiger partial charge in [-0.15, -0.1) is 11.3 Å². The van der Waals surface area contributed by atoms with Gasteiger partial charge < -0.3 is 10.2 Å².